The fourth-order valence-electron chi connectivity index (χ4n) is 1.96. The molecule has 126 valence electrons. The molecule has 0 radical (unpaired) electrons. The molecule has 1 amide bonds. The lowest BCUT2D eigenvalue weighted by molar-refractivity contribution is 0.0955. The summed E-state index contributed by atoms with van der Waals surface area (Å²) in [5.74, 6) is 0.861. The van der Waals surface area contributed by atoms with Gasteiger partial charge < -0.3 is 9.47 Å². The van der Waals surface area contributed by atoms with Gasteiger partial charge >= 0.3 is 0 Å². The normalized spacial score (nSPS) is 10.7. The van der Waals surface area contributed by atoms with Gasteiger partial charge in [0.1, 0.15) is 0 Å². The highest BCUT2D eigenvalue weighted by molar-refractivity contribution is 9.10. The van der Waals surface area contributed by atoms with Crippen LogP contribution in [0.25, 0.3) is 0 Å². The molecule has 0 aliphatic heterocycles. The maximum Gasteiger partial charge on any atom is 0.271 e. The zero-order valence-electron chi connectivity index (χ0n) is 13.2. The Labute approximate surface area is 153 Å². The first-order chi connectivity index (χ1) is 11.5. The third-order valence-corrected chi connectivity index (χ3v) is 3.83. The standard InChI is InChI=1S/C17H16BrClN2O3/c1-3-24-16-14(18)7-11(8-15(16)23-2)10-20-21-17(22)12-5-4-6-13(19)9-12/h4-10H,3H2,1-2H3,(H,21,22)/b20-10-. The third-order valence-electron chi connectivity index (χ3n) is 3.01. The van der Waals surface area contributed by atoms with Crippen molar-refractivity contribution >= 4 is 39.7 Å². The van der Waals surface area contributed by atoms with E-state index < -0.39 is 0 Å². The second kappa shape index (κ2) is 8.70. The highest BCUT2D eigenvalue weighted by atomic mass is 79.9. The number of amides is 1. The van der Waals surface area contributed by atoms with E-state index >= 15 is 0 Å². The quantitative estimate of drug-likeness (QED) is 0.570. The maximum absolute atomic E-state index is 12.0. The molecule has 2 aromatic carbocycles. The molecule has 0 aromatic heterocycles. The van der Waals surface area contributed by atoms with Crippen molar-refractivity contribution in [3.63, 3.8) is 0 Å². The number of rotatable bonds is 6. The van der Waals surface area contributed by atoms with Gasteiger partial charge in [0.25, 0.3) is 5.91 Å². The van der Waals surface area contributed by atoms with E-state index in [1.54, 1.807) is 37.4 Å². The van der Waals surface area contributed by atoms with E-state index in [4.69, 9.17) is 21.1 Å². The first kappa shape index (κ1) is 18.3. The first-order valence-electron chi connectivity index (χ1n) is 7.14. The highest BCUT2D eigenvalue weighted by Crippen LogP contribution is 2.36. The number of ether oxygens (including phenoxy) is 2. The van der Waals surface area contributed by atoms with Gasteiger partial charge in [-0.15, -0.1) is 0 Å². The number of nitrogens with one attached hydrogen (secondary N) is 1. The smallest absolute Gasteiger partial charge is 0.271 e. The van der Waals surface area contributed by atoms with E-state index in [0.29, 0.717) is 28.7 Å². The van der Waals surface area contributed by atoms with Crippen molar-refractivity contribution in [2.75, 3.05) is 13.7 Å². The van der Waals surface area contributed by atoms with Crippen LogP contribution in [0.5, 0.6) is 11.5 Å². The van der Waals surface area contributed by atoms with Gasteiger partial charge in [0.05, 0.1) is 24.4 Å². The molecule has 0 bridgehead atoms. The van der Waals surface area contributed by atoms with Crippen LogP contribution in [0.4, 0.5) is 0 Å². The van der Waals surface area contributed by atoms with Crippen LogP contribution in [0.3, 0.4) is 0 Å². The van der Waals surface area contributed by atoms with Crippen molar-refractivity contribution in [2.45, 2.75) is 6.92 Å². The second-order valence-electron chi connectivity index (χ2n) is 4.68. The summed E-state index contributed by atoms with van der Waals surface area (Å²) in [6, 6.07) is 10.2. The van der Waals surface area contributed by atoms with Crippen molar-refractivity contribution in [1.29, 1.82) is 0 Å². The van der Waals surface area contributed by atoms with Crippen LogP contribution in [0.2, 0.25) is 5.02 Å². The summed E-state index contributed by atoms with van der Waals surface area (Å²) in [7, 11) is 1.56. The molecule has 0 unspecified atom stereocenters. The van der Waals surface area contributed by atoms with Crippen molar-refractivity contribution in [3.8, 4) is 11.5 Å². The first-order valence-corrected chi connectivity index (χ1v) is 8.31. The van der Waals surface area contributed by atoms with Crippen molar-refractivity contribution in [2.24, 2.45) is 5.10 Å². The fourth-order valence-corrected chi connectivity index (χ4v) is 2.72. The summed E-state index contributed by atoms with van der Waals surface area (Å²) in [6.45, 7) is 2.42. The predicted octanol–water partition coefficient (Wildman–Crippen LogP) is 4.27. The molecule has 0 saturated carbocycles. The van der Waals surface area contributed by atoms with Gasteiger partial charge in [0.15, 0.2) is 11.5 Å². The van der Waals surface area contributed by atoms with Gasteiger partial charge in [0, 0.05) is 10.6 Å². The number of benzene rings is 2. The molecule has 0 aliphatic rings. The number of nitrogens with zero attached hydrogens (tertiary/aromatic N) is 1. The Hall–Kier alpha value is -2.05. The lowest BCUT2D eigenvalue weighted by Crippen LogP contribution is -2.17. The van der Waals surface area contributed by atoms with Gasteiger partial charge in [-0.25, -0.2) is 5.43 Å². The Bertz CT molecular complexity index is 765. The lowest BCUT2D eigenvalue weighted by atomic mass is 10.2. The molecule has 0 heterocycles. The summed E-state index contributed by atoms with van der Waals surface area (Å²) < 4.78 is 11.6. The minimum atomic E-state index is -0.342. The van der Waals surface area contributed by atoms with E-state index in [2.05, 4.69) is 26.5 Å². The number of carbonyl (C=O) groups excluding carboxylic acids is 1. The van der Waals surface area contributed by atoms with Gasteiger partial charge in [-0.2, -0.15) is 5.10 Å². The molecule has 2 rings (SSSR count). The molecule has 0 atom stereocenters. The summed E-state index contributed by atoms with van der Waals surface area (Å²) in [6.07, 6.45) is 1.52. The van der Waals surface area contributed by atoms with Crippen molar-refractivity contribution < 1.29 is 14.3 Å². The molecule has 2 aromatic rings. The SMILES string of the molecule is CCOc1c(Br)cc(/C=N\NC(=O)c2cccc(Cl)c2)cc1OC. The molecule has 0 spiro atoms. The fraction of sp³-hybridized carbons (Fsp3) is 0.176. The van der Waals surface area contributed by atoms with Crippen LogP contribution in [-0.2, 0) is 0 Å². The minimum absolute atomic E-state index is 0.342. The number of hydrogen-bond donors (Lipinski definition) is 1. The van der Waals surface area contributed by atoms with Crippen molar-refractivity contribution in [3.05, 3.63) is 57.0 Å². The van der Waals surface area contributed by atoms with Gasteiger partial charge in [-0.3, -0.25) is 4.79 Å². The van der Waals surface area contributed by atoms with Gasteiger partial charge in [0.2, 0.25) is 0 Å². The van der Waals surface area contributed by atoms with Gasteiger partial charge in [-0.1, -0.05) is 17.7 Å². The average Bonchev–Trinajstić information content (AvgIpc) is 2.57. The molecule has 5 nitrogen and oxygen atoms in total. The number of hydrogen-bond acceptors (Lipinski definition) is 4. The Morgan fingerprint density at radius 3 is 2.83 bits per heavy atom. The van der Waals surface area contributed by atoms with Crippen LogP contribution in [-0.4, -0.2) is 25.8 Å². The zero-order chi connectivity index (χ0) is 17.5. The Kier molecular flexibility index (Phi) is 6.63. The topological polar surface area (TPSA) is 59.9 Å². The van der Waals surface area contributed by atoms with E-state index in [1.807, 2.05) is 13.0 Å². The van der Waals surface area contributed by atoms with Crippen LogP contribution in [0.1, 0.15) is 22.8 Å². The van der Waals surface area contributed by atoms with Crippen LogP contribution in [0.15, 0.2) is 46.0 Å². The maximum atomic E-state index is 12.0. The van der Waals surface area contributed by atoms with E-state index in [-0.39, 0.29) is 5.91 Å². The number of halogens is 2. The van der Waals surface area contributed by atoms with Crippen LogP contribution < -0.4 is 14.9 Å². The Morgan fingerprint density at radius 1 is 1.38 bits per heavy atom. The van der Waals surface area contributed by atoms with E-state index in [9.17, 15) is 4.79 Å². The molecule has 0 saturated heterocycles. The predicted molar refractivity (Wildman–Crippen MR) is 98.4 cm³/mol. The van der Waals surface area contributed by atoms with E-state index in [1.165, 1.54) is 6.21 Å². The number of hydrazone groups is 1. The number of carbonyl (C=O) groups is 1. The molecule has 7 heteroatoms. The highest BCUT2D eigenvalue weighted by Gasteiger charge is 2.10. The molecule has 24 heavy (non-hydrogen) atoms. The third kappa shape index (κ3) is 4.72. The second-order valence-corrected chi connectivity index (χ2v) is 5.97. The summed E-state index contributed by atoms with van der Waals surface area (Å²) >= 11 is 9.30. The largest absolute Gasteiger partial charge is 0.493 e. The Morgan fingerprint density at radius 2 is 2.17 bits per heavy atom. The molecule has 0 aliphatic carbocycles. The lowest BCUT2D eigenvalue weighted by Gasteiger charge is -2.11. The van der Waals surface area contributed by atoms with Crippen LogP contribution in [0, 0.1) is 0 Å². The van der Waals surface area contributed by atoms with Crippen LogP contribution >= 0.6 is 27.5 Å². The Balaban J connectivity index is 2.11. The summed E-state index contributed by atoms with van der Waals surface area (Å²) in [5, 5.41) is 4.45. The minimum Gasteiger partial charge on any atom is -0.493 e. The van der Waals surface area contributed by atoms with Gasteiger partial charge in [-0.05, 0) is 58.7 Å². The van der Waals surface area contributed by atoms with E-state index in [0.717, 1.165) is 10.0 Å². The summed E-state index contributed by atoms with van der Waals surface area (Å²) in [4.78, 5) is 12.0. The summed E-state index contributed by atoms with van der Waals surface area (Å²) in [5.41, 5.74) is 3.64. The zero-order valence-corrected chi connectivity index (χ0v) is 15.5. The molecular formula is C17H16BrClN2O3. The number of methoxy groups -OCH3 is 1. The molecular weight excluding hydrogens is 396 g/mol. The average molecular weight is 412 g/mol. The molecule has 0 fully saturated rings. The molecule has 1 N–H and O–H groups in total. The monoisotopic (exact) mass is 410 g/mol. The van der Waals surface area contributed by atoms with Crippen molar-refractivity contribution in [1.82, 2.24) is 5.43 Å².